The van der Waals surface area contributed by atoms with Gasteiger partial charge in [0.25, 0.3) is 0 Å². The third kappa shape index (κ3) is 3.07. The van der Waals surface area contributed by atoms with Gasteiger partial charge >= 0.3 is 0 Å². The van der Waals surface area contributed by atoms with Gasteiger partial charge in [0.05, 0.1) is 6.10 Å². The third-order valence-corrected chi connectivity index (χ3v) is 4.26. The van der Waals surface area contributed by atoms with Crippen molar-refractivity contribution in [3.63, 3.8) is 0 Å². The zero-order valence-electron chi connectivity index (χ0n) is 11.6. The molecule has 1 saturated carbocycles. The number of hydrogen-bond donors (Lipinski definition) is 2. The zero-order chi connectivity index (χ0) is 13.9. The lowest BCUT2D eigenvalue weighted by Gasteiger charge is -2.16. The molecular weight excluding hydrogens is 256 g/mol. The van der Waals surface area contributed by atoms with Gasteiger partial charge in [-0.25, -0.2) is 0 Å². The van der Waals surface area contributed by atoms with Crippen molar-refractivity contribution in [3.05, 3.63) is 23.8 Å². The maximum absolute atomic E-state index is 10.0. The summed E-state index contributed by atoms with van der Waals surface area (Å²) in [6.07, 6.45) is 4.96. The number of rotatable bonds is 5. The number of benzene rings is 1. The maximum Gasteiger partial charge on any atom is 0.129 e. The van der Waals surface area contributed by atoms with Crippen LogP contribution in [0.4, 0.5) is 0 Å². The monoisotopic (exact) mass is 278 g/mol. The van der Waals surface area contributed by atoms with Gasteiger partial charge in [-0.1, -0.05) is 25.7 Å². The average Bonchev–Trinajstić information content (AvgIpc) is 3.07. The summed E-state index contributed by atoms with van der Waals surface area (Å²) in [6.45, 7) is 0.626. The summed E-state index contributed by atoms with van der Waals surface area (Å²) in [5.74, 6) is 2.02. The minimum atomic E-state index is -0.535. The van der Waals surface area contributed by atoms with E-state index in [9.17, 15) is 10.2 Å². The summed E-state index contributed by atoms with van der Waals surface area (Å²) in [5.41, 5.74) is 0.809. The Balaban J connectivity index is 1.50. The Bertz CT molecular complexity index is 454. The summed E-state index contributed by atoms with van der Waals surface area (Å²) >= 11 is 0. The quantitative estimate of drug-likeness (QED) is 0.868. The van der Waals surface area contributed by atoms with Gasteiger partial charge < -0.3 is 19.7 Å². The average molecular weight is 278 g/mol. The fraction of sp³-hybridized carbons (Fsp3) is 0.625. The molecule has 0 bridgehead atoms. The molecule has 4 heteroatoms. The highest BCUT2D eigenvalue weighted by atomic mass is 16.5. The molecule has 4 nitrogen and oxygen atoms in total. The van der Waals surface area contributed by atoms with Crippen LogP contribution in [0, 0.1) is 5.92 Å². The Morgan fingerprint density at radius 2 is 2.10 bits per heavy atom. The molecule has 2 aliphatic rings. The fourth-order valence-corrected chi connectivity index (χ4v) is 3.15. The lowest BCUT2D eigenvalue weighted by atomic mass is 10.0. The second-order valence-electron chi connectivity index (χ2n) is 5.88. The van der Waals surface area contributed by atoms with Crippen LogP contribution in [0.1, 0.15) is 43.8 Å². The lowest BCUT2D eigenvalue weighted by Crippen LogP contribution is -2.20. The minimum Gasteiger partial charge on any atom is -0.491 e. The van der Waals surface area contributed by atoms with Crippen molar-refractivity contribution in [3.8, 4) is 11.5 Å². The molecule has 3 rings (SSSR count). The molecule has 1 aliphatic carbocycles. The molecule has 0 radical (unpaired) electrons. The second kappa shape index (κ2) is 6.02. The second-order valence-corrected chi connectivity index (χ2v) is 5.88. The summed E-state index contributed by atoms with van der Waals surface area (Å²) in [7, 11) is 0. The predicted octanol–water partition coefficient (Wildman–Crippen LogP) is 2.43. The van der Waals surface area contributed by atoms with E-state index in [2.05, 4.69) is 0 Å². The molecule has 110 valence electrons. The van der Waals surface area contributed by atoms with Crippen LogP contribution in [0.25, 0.3) is 0 Å². The van der Waals surface area contributed by atoms with E-state index >= 15 is 0 Å². The summed E-state index contributed by atoms with van der Waals surface area (Å²) in [4.78, 5) is 0. The Morgan fingerprint density at radius 1 is 1.30 bits per heavy atom. The van der Waals surface area contributed by atoms with Crippen LogP contribution < -0.4 is 9.47 Å². The normalized spacial score (nSPS) is 23.4. The molecule has 1 heterocycles. The molecule has 2 atom stereocenters. The van der Waals surface area contributed by atoms with Crippen LogP contribution in [0.15, 0.2) is 18.2 Å². The Kier molecular flexibility index (Phi) is 4.13. The van der Waals surface area contributed by atoms with E-state index in [0.717, 1.165) is 12.0 Å². The number of aliphatic hydroxyl groups excluding tert-OH is 2. The van der Waals surface area contributed by atoms with Crippen LogP contribution in [0.3, 0.4) is 0 Å². The van der Waals surface area contributed by atoms with Gasteiger partial charge in [-0.3, -0.25) is 0 Å². The van der Waals surface area contributed by atoms with Gasteiger partial charge in [-0.15, -0.1) is 0 Å². The number of ether oxygens (including phenoxy) is 2. The molecule has 0 saturated heterocycles. The van der Waals surface area contributed by atoms with E-state index in [-0.39, 0.29) is 0 Å². The van der Waals surface area contributed by atoms with Crippen LogP contribution in [-0.2, 0) is 0 Å². The van der Waals surface area contributed by atoms with Gasteiger partial charge in [0, 0.05) is 11.6 Å². The molecule has 0 amide bonds. The molecule has 1 fully saturated rings. The summed E-state index contributed by atoms with van der Waals surface area (Å²) < 4.78 is 11.0. The van der Waals surface area contributed by atoms with E-state index in [1.807, 2.05) is 12.1 Å². The Morgan fingerprint density at radius 3 is 2.90 bits per heavy atom. The summed E-state index contributed by atoms with van der Waals surface area (Å²) in [5, 5.41) is 19.7. The molecule has 2 unspecified atom stereocenters. The van der Waals surface area contributed by atoms with Crippen LogP contribution in [0.2, 0.25) is 0 Å². The van der Waals surface area contributed by atoms with E-state index < -0.39 is 12.2 Å². The van der Waals surface area contributed by atoms with Crippen molar-refractivity contribution < 1.29 is 19.7 Å². The van der Waals surface area contributed by atoms with Crippen LogP contribution >= 0.6 is 0 Å². The SMILES string of the molecule is OC(COc1ccc2c(c1)OCC2O)CC1CCCC1. The molecule has 1 aromatic carbocycles. The summed E-state index contributed by atoms with van der Waals surface area (Å²) in [6, 6.07) is 5.43. The highest BCUT2D eigenvalue weighted by Gasteiger charge is 2.23. The first-order valence-corrected chi connectivity index (χ1v) is 7.48. The van der Waals surface area contributed by atoms with Crippen LogP contribution in [-0.4, -0.2) is 29.5 Å². The lowest BCUT2D eigenvalue weighted by molar-refractivity contribution is 0.0854. The molecular formula is C16H22O4. The van der Waals surface area contributed by atoms with Gasteiger partial charge in [-0.05, 0) is 24.5 Å². The van der Waals surface area contributed by atoms with E-state index in [0.29, 0.717) is 30.6 Å². The number of fused-ring (bicyclic) bond motifs is 1. The van der Waals surface area contributed by atoms with Crippen molar-refractivity contribution >= 4 is 0 Å². The number of aliphatic hydroxyl groups is 2. The predicted molar refractivity (Wildman–Crippen MR) is 75.0 cm³/mol. The van der Waals surface area contributed by atoms with E-state index in [1.165, 1.54) is 25.7 Å². The van der Waals surface area contributed by atoms with Crippen molar-refractivity contribution in [2.75, 3.05) is 13.2 Å². The first kappa shape index (κ1) is 13.7. The highest BCUT2D eigenvalue weighted by Crippen LogP contribution is 2.35. The van der Waals surface area contributed by atoms with E-state index in [4.69, 9.17) is 9.47 Å². The largest absolute Gasteiger partial charge is 0.491 e. The standard InChI is InChI=1S/C16H22O4/c17-12(7-11-3-1-2-4-11)9-19-13-5-6-14-15(18)10-20-16(14)8-13/h5-6,8,11-12,15,17-18H,1-4,7,9-10H2. The molecule has 20 heavy (non-hydrogen) atoms. The van der Waals surface area contributed by atoms with Gasteiger partial charge in [0.15, 0.2) is 0 Å². The zero-order valence-corrected chi connectivity index (χ0v) is 11.6. The van der Waals surface area contributed by atoms with Gasteiger partial charge in [0.1, 0.15) is 30.8 Å². The highest BCUT2D eigenvalue weighted by molar-refractivity contribution is 5.44. The molecule has 2 N–H and O–H groups in total. The first-order chi connectivity index (χ1) is 9.72. The Labute approximate surface area is 119 Å². The topological polar surface area (TPSA) is 58.9 Å². The van der Waals surface area contributed by atoms with Crippen LogP contribution in [0.5, 0.6) is 11.5 Å². The first-order valence-electron chi connectivity index (χ1n) is 7.48. The minimum absolute atomic E-state index is 0.309. The van der Waals surface area contributed by atoms with Gasteiger partial charge in [-0.2, -0.15) is 0 Å². The van der Waals surface area contributed by atoms with Crippen molar-refractivity contribution in [2.45, 2.75) is 44.3 Å². The maximum atomic E-state index is 10.0. The molecule has 1 aliphatic heterocycles. The van der Waals surface area contributed by atoms with Crippen molar-refractivity contribution in [1.29, 1.82) is 0 Å². The van der Waals surface area contributed by atoms with Gasteiger partial charge in [0.2, 0.25) is 0 Å². The number of hydrogen-bond acceptors (Lipinski definition) is 4. The Hall–Kier alpha value is -1.26. The molecule has 0 aromatic heterocycles. The molecule has 1 aromatic rings. The van der Waals surface area contributed by atoms with E-state index in [1.54, 1.807) is 6.07 Å². The third-order valence-electron chi connectivity index (χ3n) is 4.26. The molecule has 0 spiro atoms. The van der Waals surface area contributed by atoms with Crippen molar-refractivity contribution in [2.24, 2.45) is 5.92 Å². The fourth-order valence-electron chi connectivity index (χ4n) is 3.15. The smallest absolute Gasteiger partial charge is 0.129 e. The van der Waals surface area contributed by atoms with Crippen molar-refractivity contribution in [1.82, 2.24) is 0 Å².